The number of halogens is 1. The molecule has 0 aliphatic heterocycles. The molecule has 72 valence electrons. The highest BCUT2D eigenvalue weighted by Crippen LogP contribution is 2.09. The van der Waals surface area contributed by atoms with Gasteiger partial charge in [-0.1, -0.05) is 13.8 Å². The Labute approximate surface area is 73.4 Å². The highest BCUT2D eigenvalue weighted by molar-refractivity contribution is 7.86. The normalized spacial score (nSPS) is 16.0. The van der Waals surface area contributed by atoms with Gasteiger partial charge in [0.1, 0.15) is 11.9 Å². The van der Waals surface area contributed by atoms with Gasteiger partial charge < -0.3 is 5.11 Å². The Hall–Kier alpha value is -0.450. The number of rotatable bonds is 5. The number of carboxylic acids is 1. The standard InChI is InChI=1S/C7H13FO3S/c1-5(2)6(7(9)10)12(11)4-3-8/h5-6H,3-4H2,1-2H3,(H,9,10). The fourth-order valence-electron chi connectivity index (χ4n) is 0.904. The molecular weight excluding hydrogens is 183 g/mol. The Morgan fingerprint density at radius 3 is 2.33 bits per heavy atom. The first kappa shape index (κ1) is 11.6. The lowest BCUT2D eigenvalue weighted by molar-refractivity contribution is -0.137. The van der Waals surface area contributed by atoms with Crippen LogP contribution in [0, 0.1) is 5.92 Å². The van der Waals surface area contributed by atoms with E-state index in [9.17, 15) is 13.4 Å². The van der Waals surface area contributed by atoms with Crippen LogP contribution in [0.3, 0.4) is 0 Å². The molecule has 12 heavy (non-hydrogen) atoms. The molecule has 3 nitrogen and oxygen atoms in total. The van der Waals surface area contributed by atoms with Crippen LogP contribution in [-0.4, -0.2) is 33.0 Å². The molecule has 0 bridgehead atoms. The van der Waals surface area contributed by atoms with Crippen molar-refractivity contribution in [1.29, 1.82) is 0 Å². The first-order valence-corrected chi connectivity index (χ1v) is 5.04. The summed E-state index contributed by atoms with van der Waals surface area (Å²) in [6, 6.07) is 0. The van der Waals surface area contributed by atoms with E-state index in [2.05, 4.69) is 0 Å². The van der Waals surface area contributed by atoms with Gasteiger partial charge in [0.2, 0.25) is 0 Å². The Kier molecular flexibility index (Phi) is 5.04. The monoisotopic (exact) mass is 196 g/mol. The highest BCUT2D eigenvalue weighted by atomic mass is 32.2. The maximum Gasteiger partial charge on any atom is 0.319 e. The predicted molar refractivity (Wildman–Crippen MR) is 45.2 cm³/mol. The second-order valence-electron chi connectivity index (χ2n) is 2.78. The largest absolute Gasteiger partial charge is 0.480 e. The molecule has 2 unspecified atom stereocenters. The fourth-order valence-corrected chi connectivity index (χ4v) is 2.14. The highest BCUT2D eigenvalue weighted by Gasteiger charge is 2.27. The Morgan fingerprint density at radius 2 is 2.08 bits per heavy atom. The summed E-state index contributed by atoms with van der Waals surface area (Å²) in [4.78, 5) is 10.5. The van der Waals surface area contributed by atoms with E-state index in [0.29, 0.717) is 0 Å². The number of hydrogen-bond acceptors (Lipinski definition) is 2. The van der Waals surface area contributed by atoms with Crippen molar-refractivity contribution in [2.75, 3.05) is 12.4 Å². The van der Waals surface area contributed by atoms with Crippen LogP contribution in [0.25, 0.3) is 0 Å². The summed E-state index contributed by atoms with van der Waals surface area (Å²) in [5, 5.41) is 7.68. The van der Waals surface area contributed by atoms with Crippen LogP contribution < -0.4 is 0 Å². The summed E-state index contributed by atoms with van der Waals surface area (Å²) in [5.74, 6) is -1.53. The van der Waals surface area contributed by atoms with Crippen LogP contribution in [0.2, 0.25) is 0 Å². The van der Waals surface area contributed by atoms with Crippen LogP contribution >= 0.6 is 0 Å². The molecule has 0 radical (unpaired) electrons. The molecule has 0 saturated heterocycles. The minimum Gasteiger partial charge on any atom is -0.480 e. The molecule has 0 saturated carbocycles. The van der Waals surface area contributed by atoms with Gasteiger partial charge in [-0.3, -0.25) is 13.4 Å². The van der Waals surface area contributed by atoms with E-state index in [0.717, 1.165) is 0 Å². The molecule has 2 atom stereocenters. The first-order valence-electron chi connectivity index (χ1n) is 3.66. The SMILES string of the molecule is CC(C)C(C(=O)O)S(=O)CCF. The van der Waals surface area contributed by atoms with Gasteiger partial charge >= 0.3 is 5.97 Å². The minimum absolute atomic E-state index is 0.185. The quantitative estimate of drug-likeness (QED) is 0.708. The van der Waals surface area contributed by atoms with E-state index in [1.807, 2.05) is 0 Å². The molecule has 0 amide bonds. The molecule has 0 aromatic carbocycles. The number of carboxylic acid groups (broad SMARTS) is 1. The minimum atomic E-state index is -1.59. The van der Waals surface area contributed by atoms with Gasteiger partial charge in [0.15, 0.2) is 0 Å². The van der Waals surface area contributed by atoms with Gasteiger partial charge in [-0.05, 0) is 5.92 Å². The van der Waals surface area contributed by atoms with Gasteiger partial charge in [-0.15, -0.1) is 0 Å². The zero-order chi connectivity index (χ0) is 9.72. The zero-order valence-electron chi connectivity index (χ0n) is 7.12. The summed E-state index contributed by atoms with van der Waals surface area (Å²) in [5.41, 5.74) is 0. The summed E-state index contributed by atoms with van der Waals surface area (Å²) >= 11 is 0. The summed E-state index contributed by atoms with van der Waals surface area (Å²) in [7, 11) is -1.59. The van der Waals surface area contributed by atoms with Crippen molar-refractivity contribution < 1.29 is 18.5 Å². The molecule has 0 aromatic heterocycles. The van der Waals surface area contributed by atoms with Crippen LogP contribution in [0.1, 0.15) is 13.8 Å². The van der Waals surface area contributed by atoms with Crippen LogP contribution in [0.15, 0.2) is 0 Å². The van der Waals surface area contributed by atoms with Crippen molar-refractivity contribution in [3.63, 3.8) is 0 Å². The lowest BCUT2D eigenvalue weighted by Crippen LogP contribution is -2.32. The lowest BCUT2D eigenvalue weighted by Gasteiger charge is -2.14. The van der Waals surface area contributed by atoms with Gasteiger partial charge in [0, 0.05) is 10.8 Å². The molecule has 0 spiro atoms. The maximum absolute atomic E-state index is 11.7. The average Bonchev–Trinajstić information content (AvgIpc) is 1.85. The first-order chi connectivity index (χ1) is 5.50. The third-order valence-corrected chi connectivity index (χ3v) is 3.28. The molecule has 0 heterocycles. The third kappa shape index (κ3) is 3.30. The van der Waals surface area contributed by atoms with Gasteiger partial charge in [-0.2, -0.15) is 0 Å². The predicted octanol–water partition coefficient (Wildman–Crippen LogP) is 0.814. The van der Waals surface area contributed by atoms with E-state index < -0.39 is 28.7 Å². The maximum atomic E-state index is 11.7. The van der Waals surface area contributed by atoms with Crippen molar-refractivity contribution in [3.05, 3.63) is 0 Å². The zero-order valence-corrected chi connectivity index (χ0v) is 7.94. The van der Waals surface area contributed by atoms with Crippen LogP contribution in [-0.2, 0) is 15.6 Å². The van der Waals surface area contributed by atoms with Gasteiger partial charge in [0.25, 0.3) is 0 Å². The van der Waals surface area contributed by atoms with Crippen LogP contribution in [0.5, 0.6) is 0 Å². The molecule has 0 aromatic rings. The Bertz CT molecular complexity index is 181. The number of alkyl halides is 1. The molecule has 0 fully saturated rings. The number of aliphatic carboxylic acids is 1. The van der Waals surface area contributed by atoms with E-state index in [1.165, 1.54) is 0 Å². The summed E-state index contributed by atoms with van der Waals surface area (Å²) < 4.78 is 22.9. The van der Waals surface area contributed by atoms with Gasteiger partial charge in [-0.25, -0.2) is 0 Å². The van der Waals surface area contributed by atoms with E-state index in [1.54, 1.807) is 13.8 Å². The third-order valence-electron chi connectivity index (χ3n) is 1.41. The molecule has 5 heteroatoms. The van der Waals surface area contributed by atoms with Crippen molar-refractivity contribution in [3.8, 4) is 0 Å². The van der Waals surface area contributed by atoms with E-state index >= 15 is 0 Å². The fraction of sp³-hybridized carbons (Fsp3) is 0.857. The molecule has 0 rings (SSSR count). The molecule has 0 aliphatic rings. The van der Waals surface area contributed by atoms with E-state index in [4.69, 9.17) is 5.11 Å². The Balaban J connectivity index is 4.30. The molecular formula is C7H13FO3S. The van der Waals surface area contributed by atoms with E-state index in [-0.39, 0.29) is 11.7 Å². The van der Waals surface area contributed by atoms with Crippen molar-refractivity contribution in [2.45, 2.75) is 19.1 Å². The van der Waals surface area contributed by atoms with Crippen molar-refractivity contribution in [1.82, 2.24) is 0 Å². The summed E-state index contributed by atoms with van der Waals surface area (Å²) in [6.45, 7) is 2.59. The topological polar surface area (TPSA) is 54.4 Å². The second-order valence-corrected chi connectivity index (χ2v) is 4.45. The van der Waals surface area contributed by atoms with Crippen molar-refractivity contribution in [2.24, 2.45) is 5.92 Å². The average molecular weight is 196 g/mol. The summed E-state index contributed by atoms with van der Waals surface area (Å²) in [6.07, 6.45) is 0. The Morgan fingerprint density at radius 1 is 1.58 bits per heavy atom. The smallest absolute Gasteiger partial charge is 0.319 e. The van der Waals surface area contributed by atoms with Crippen molar-refractivity contribution >= 4 is 16.8 Å². The number of carbonyl (C=O) groups is 1. The lowest BCUT2D eigenvalue weighted by atomic mass is 10.1. The van der Waals surface area contributed by atoms with Crippen LogP contribution in [0.4, 0.5) is 4.39 Å². The van der Waals surface area contributed by atoms with Gasteiger partial charge in [0.05, 0.1) is 5.75 Å². The number of hydrogen-bond donors (Lipinski definition) is 1. The second kappa shape index (κ2) is 5.24. The molecule has 1 N–H and O–H groups in total. The molecule has 0 aliphatic carbocycles.